The first-order valence-electron chi connectivity index (χ1n) is 7.86. The minimum absolute atomic E-state index is 0.529. The van der Waals surface area contributed by atoms with E-state index in [9.17, 15) is 5.26 Å². The van der Waals surface area contributed by atoms with Gasteiger partial charge in [-0.15, -0.1) is 0 Å². The van der Waals surface area contributed by atoms with Gasteiger partial charge in [-0.05, 0) is 49.7 Å². The fourth-order valence-corrected chi connectivity index (χ4v) is 3.46. The van der Waals surface area contributed by atoms with Crippen LogP contribution in [0.4, 0.5) is 5.69 Å². The standard InChI is InChI=1S/C18H26N2/c1-13(2)10-15-7-5-8-16(11-15)20-18-9-4-6-14(3)17(18)12-19/h4,6,9,13,15-16,20H,5,7-8,10-11H2,1-3H3. The van der Waals surface area contributed by atoms with Gasteiger partial charge in [-0.2, -0.15) is 5.26 Å². The Kier molecular flexibility index (Phi) is 5.06. The first-order chi connectivity index (χ1) is 9.60. The summed E-state index contributed by atoms with van der Waals surface area (Å²) in [5.74, 6) is 1.63. The van der Waals surface area contributed by atoms with Gasteiger partial charge in [-0.3, -0.25) is 0 Å². The normalized spacial score (nSPS) is 22.6. The Labute approximate surface area is 123 Å². The van der Waals surface area contributed by atoms with Gasteiger partial charge in [-0.25, -0.2) is 0 Å². The Morgan fingerprint density at radius 3 is 2.85 bits per heavy atom. The number of anilines is 1. The van der Waals surface area contributed by atoms with Gasteiger partial charge in [-0.1, -0.05) is 38.8 Å². The van der Waals surface area contributed by atoms with E-state index in [1.807, 2.05) is 25.1 Å². The van der Waals surface area contributed by atoms with E-state index in [2.05, 4.69) is 25.2 Å². The third-order valence-corrected chi connectivity index (χ3v) is 4.33. The quantitative estimate of drug-likeness (QED) is 0.846. The van der Waals surface area contributed by atoms with Gasteiger partial charge < -0.3 is 5.32 Å². The van der Waals surface area contributed by atoms with Gasteiger partial charge in [0, 0.05) is 6.04 Å². The van der Waals surface area contributed by atoms with Crippen molar-refractivity contribution >= 4 is 5.69 Å². The molecule has 0 aliphatic heterocycles. The van der Waals surface area contributed by atoms with Crippen LogP contribution >= 0.6 is 0 Å². The Morgan fingerprint density at radius 2 is 2.15 bits per heavy atom. The molecule has 0 heterocycles. The summed E-state index contributed by atoms with van der Waals surface area (Å²) in [5.41, 5.74) is 2.88. The summed E-state index contributed by atoms with van der Waals surface area (Å²) in [6.45, 7) is 6.63. The molecule has 1 N–H and O–H groups in total. The van der Waals surface area contributed by atoms with E-state index >= 15 is 0 Å². The van der Waals surface area contributed by atoms with E-state index in [0.29, 0.717) is 6.04 Å². The maximum Gasteiger partial charge on any atom is 0.102 e. The Bertz CT molecular complexity index is 485. The van der Waals surface area contributed by atoms with Crippen molar-refractivity contribution in [1.29, 1.82) is 5.26 Å². The highest BCUT2D eigenvalue weighted by molar-refractivity contribution is 5.61. The number of aryl methyl sites for hydroxylation is 1. The van der Waals surface area contributed by atoms with Crippen LogP contribution < -0.4 is 5.32 Å². The number of benzene rings is 1. The molecule has 2 heteroatoms. The molecule has 1 aromatic rings. The lowest BCUT2D eigenvalue weighted by atomic mass is 9.81. The minimum atomic E-state index is 0.529. The number of rotatable bonds is 4. The summed E-state index contributed by atoms with van der Waals surface area (Å²) in [6, 6.07) is 8.94. The average Bonchev–Trinajstić information content (AvgIpc) is 2.38. The minimum Gasteiger partial charge on any atom is -0.381 e. The highest BCUT2D eigenvalue weighted by Gasteiger charge is 2.23. The van der Waals surface area contributed by atoms with Crippen molar-refractivity contribution in [1.82, 2.24) is 0 Å². The lowest BCUT2D eigenvalue weighted by Gasteiger charge is -2.31. The summed E-state index contributed by atoms with van der Waals surface area (Å²) >= 11 is 0. The molecule has 0 amide bonds. The van der Waals surface area contributed by atoms with E-state index in [4.69, 9.17) is 0 Å². The van der Waals surface area contributed by atoms with Gasteiger partial charge in [0.1, 0.15) is 6.07 Å². The number of nitriles is 1. The molecule has 20 heavy (non-hydrogen) atoms. The molecule has 0 radical (unpaired) electrons. The Hall–Kier alpha value is -1.49. The van der Waals surface area contributed by atoms with Crippen molar-refractivity contribution in [2.45, 2.75) is 58.9 Å². The monoisotopic (exact) mass is 270 g/mol. The molecule has 1 saturated carbocycles. The lowest BCUT2D eigenvalue weighted by molar-refractivity contribution is 0.289. The van der Waals surface area contributed by atoms with E-state index in [-0.39, 0.29) is 0 Å². The van der Waals surface area contributed by atoms with Gasteiger partial charge in [0.2, 0.25) is 0 Å². The fraction of sp³-hybridized carbons (Fsp3) is 0.611. The molecule has 0 spiro atoms. The van der Waals surface area contributed by atoms with E-state index in [1.54, 1.807) is 0 Å². The molecule has 2 nitrogen and oxygen atoms in total. The van der Waals surface area contributed by atoms with Crippen LogP contribution in [0.25, 0.3) is 0 Å². The van der Waals surface area contributed by atoms with E-state index in [1.165, 1.54) is 32.1 Å². The molecule has 0 bridgehead atoms. The summed E-state index contributed by atoms with van der Waals surface area (Å²) in [6.07, 6.45) is 6.49. The summed E-state index contributed by atoms with van der Waals surface area (Å²) in [7, 11) is 0. The predicted octanol–water partition coefficient (Wildman–Crippen LogP) is 4.88. The van der Waals surface area contributed by atoms with Gasteiger partial charge >= 0.3 is 0 Å². The van der Waals surface area contributed by atoms with Crippen LogP contribution in [0.1, 0.15) is 57.1 Å². The summed E-state index contributed by atoms with van der Waals surface area (Å²) in [4.78, 5) is 0. The van der Waals surface area contributed by atoms with Crippen LogP contribution in [-0.2, 0) is 0 Å². The zero-order chi connectivity index (χ0) is 14.5. The van der Waals surface area contributed by atoms with Crippen molar-refractivity contribution < 1.29 is 0 Å². The maximum atomic E-state index is 9.31. The molecule has 1 aliphatic carbocycles. The van der Waals surface area contributed by atoms with Crippen LogP contribution in [-0.4, -0.2) is 6.04 Å². The molecule has 1 aliphatic rings. The molecule has 108 valence electrons. The smallest absolute Gasteiger partial charge is 0.102 e. The first kappa shape index (κ1) is 14.9. The van der Waals surface area contributed by atoms with Crippen LogP contribution in [0.5, 0.6) is 0 Å². The van der Waals surface area contributed by atoms with E-state index < -0.39 is 0 Å². The van der Waals surface area contributed by atoms with Crippen LogP contribution in [0.15, 0.2) is 18.2 Å². The molecule has 1 fully saturated rings. The summed E-state index contributed by atoms with van der Waals surface area (Å²) < 4.78 is 0. The van der Waals surface area contributed by atoms with Crippen molar-refractivity contribution in [3.8, 4) is 6.07 Å². The van der Waals surface area contributed by atoms with Crippen molar-refractivity contribution in [3.05, 3.63) is 29.3 Å². The van der Waals surface area contributed by atoms with Crippen molar-refractivity contribution in [2.24, 2.45) is 11.8 Å². The highest BCUT2D eigenvalue weighted by Crippen LogP contribution is 2.31. The molecule has 2 atom stereocenters. The van der Waals surface area contributed by atoms with Crippen LogP contribution in [0.2, 0.25) is 0 Å². The Balaban J connectivity index is 2.03. The lowest BCUT2D eigenvalue weighted by Crippen LogP contribution is -2.28. The summed E-state index contributed by atoms with van der Waals surface area (Å²) in [5, 5.41) is 12.9. The van der Waals surface area contributed by atoms with Crippen molar-refractivity contribution in [3.63, 3.8) is 0 Å². The number of hydrogen-bond acceptors (Lipinski definition) is 2. The fourth-order valence-electron chi connectivity index (χ4n) is 3.46. The second-order valence-corrected chi connectivity index (χ2v) is 6.61. The maximum absolute atomic E-state index is 9.31. The zero-order valence-electron chi connectivity index (χ0n) is 12.9. The largest absolute Gasteiger partial charge is 0.381 e. The molecule has 0 aromatic heterocycles. The highest BCUT2D eigenvalue weighted by atomic mass is 14.9. The van der Waals surface area contributed by atoms with Crippen LogP contribution in [0.3, 0.4) is 0 Å². The molecular formula is C18H26N2. The predicted molar refractivity (Wildman–Crippen MR) is 84.7 cm³/mol. The molecule has 2 rings (SSSR count). The molecule has 1 aromatic carbocycles. The second kappa shape index (κ2) is 6.79. The average molecular weight is 270 g/mol. The first-order valence-corrected chi connectivity index (χ1v) is 7.86. The SMILES string of the molecule is Cc1cccc(NC2CCCC(CC(C)C)C2)c1C#N. The van der Waals surface area contributed by atoms with Gasteiger partial charge in [0.05, 0.1) is 11.3 Å². The molecular weight excluding hydrogens is 244 g/mol. The zero-order valence-corrected chi connectivity index (χ0v) is 12.9. The van der Waals surface area contributed by atoms with E-state index in [0.717, 1.165) is 28.7 Å². The number of nitrogens with one attached hydrogen (secondary N) is 1. The van der Waals surface area contributed by atoms with Crippen molar-refractivity contribution in [2.75, 3.05) is 5.32 Å². The van der Waals surface area contributed by atoms with Crippen LogP contribution in [0, 0.1) is 30.1 Å². The topological polar surface area (TPSA) is 35.8 Å². The van der Waals surface area contributed by atoms with Gasteiger partial charge in [0.15, 0.2) is 0 Å². The molecule has 2 unspecified atom stereocenters. The molecule has 0 saturated heterocycles. The Morgan fingerprint density at radius 1 is 1.35 bits per heavy atom. The second-order valence-electron chi connectivity index (χ2n) is 6.61. The third kappa shape index (κ3) is 3.76. The third-order valence-electron chi connectivity index (χ3n) is 4.33. The number of hydrogen-bond donors (Lipinski definition) is 1. The number of nitrogens with zero attached hydrogens (tertiary/aromatic N) is 1. The van der Waals surface area contributed by atoms with Gasteiger partial charge in [0.25, 0.3) is 0 Å².